The molecule has 19 heavy (non-hydrogen) atoms. The van der Waals surface area contributed by atoms with Crippen LogP contribution in [0.25, 0.3) is 0 Å². The van der Waals surface area contributed by atoms with Crippen LogP contribution in [0.2, 0.25) is 0 Å². The van der Waals surface area contributed by atoms with Gasteiger partial charge in [0.15, 0.2) is 0 Å². The van der Waals surface area contributed by atoms with Crippen molar-refractivity contribution in [2.24, 2.45) is 5.92 Å². The van der Waals surface area contributed by atoms with Crippen LogP contribution in [-0.4, -0.2) is 22.0 Å². The topological polar surface area (TPSA) is 58.2 Å². The molecule has 5 heteroatoms. The molecule has 0 radical (unpaired) electrons. The van der Waals surface area contributed by atoms with Gasteiger partial charge in [-0.25, -0.2) is 13.1 Å². The Labute approximate surface area is 116 Å². The van der Waals surface area contributed by atoms with Crippen molar-refractivity contribution in [1.82, 2.24) is 10.0 Å². The number of nitrogens with one attached hydrogen (secondary N) is 2. The van der Waals surface area contributed by atoms with E-state index in [-0.39, 0.29) is 0 Å². The first kappa shape index (κ1) is 16.1. The van der Waals surface area contributed by atoms with E-state index in [9.17, 15) is 8.42 Å². The van der Waals surface area contributed by atoms with E-state index in [1.807, 2.05) is 12.1 Å². The Morgan fingerprint density at radius 1 is 1.16 bits per heavy atom. The van der Waals surface area contributed by atoms with E-state index in [0.717, 1.165) is 18.4 Å². The highest BCUT2D eigenvalue weighted by Crippen LogP contribution is 2.16. The summed E-state index contributed by atoms with van der Waals surface area (Å²) in [5.41, 5.74) is 0.794. The van der Waals surface area contributed by atoms with Gasteiger partial charge in [0, 0.05) is 13.1 Å². The third-order valence-corrected chi connectivity index (χ3v) is 4.87. The van der Waals surface area contributed by atoms with Crippen LogP contribution in [0.15, 0.2) is 29.2 Å². The molecule has 0 saturated heterocycles. The van der Waals surface area contributed by atoms with Crippen LogP contribution >= 0.6 is 0 Å². The van der Waals surface area contributed by atoms with Gasteiger partial charge in [-0.1, -0.05) is 44.9 Å². The molecule has 0 unspecified atom stereocenters. The van der Waals surface area contributed by atoms with Crippen LogP contribution in [0.4, 0.5) is 0 Å². The molecule has 0 heterocycles. The molecule has 0 atom stereocenters. The summed E-state index contributed by atoms with van der Waals surface area (Å²) in [5, 5.41) is 2.99. The maximum absolute atomic E-state index is 12.3. The van der Waals surface area contributed by atoms with Gasteiger partial charge in [-0.2, -0.15) is 0 Å². The molecule has 0 amide bonds. The standard InChI is InChI=1S/C14H24N2O2S/c1-4-12(5-2)10-16-19(17,18)14-9-7-6-8-13(14)11-15-3/h6-9,12,15-16H,4-5,10-11H2,1-3H3. The lowest BCUT2D eigenvalue weighted by atomic mass is 10.0. The van der Waals surface area contributed by atoms with Gasteiger partial charge in [-0.3, -0.25) is 0 Å². The molecule has 0 spiro atoms. The molecule has 2 N–H and O–H groups in total. The predicted molar refractivity (Wildman–Crippen MR) is 78.5 cm³/mol. The van der Waals surface area contributed by atoms with Crippen molar-refractivity contribution in [3.8, 4) is 0 Å². The zero-order valence-electron chi connectivity index (χ0n) is 11.9. The van der Waals surface area contributed by atoms with Crippen molar-refractivity contribution in [3.63, 3.8) is 0 Å². The summed E-state index contributed by atoms with van der Waals surface area (Å²) < 4.78 is 27.4. The van der Waals surface area contributed by atoms with Crippen LogP contribution in [0.5, 0.6) is 0 Å². The highest BCUT2D eigenvalue weighted by Gasteiger charge is 2.18. The summed E-state index contributed by atoms with van der Waals surface area (Å²) in [6.45, 7) is 5.21. The van der Waals surface area contributed by atoms with E-state index in [4.69, 9.17) is 0 Å². The summed E-state index contributed by atoms with van der Waals surface area (Å²) in [6, 6.07) is 7.10. The second-order valence-corrected chi connectivity index (χ2v) is 6.41. The molecule has 108 valence electrons. The molecule has 0 saturated carbocycles. The van der Waals surface area contributed by atoms with E-state index in [0.29, 0.717) is 23.9 Å². The van der Waals surface area contributed by atoms with Crippen LogP contribution in [0.3, 0.4) is 0 Å². The first-order chi connectivity index (χ1) is 9.05. The fourth-order valence-electron chi connectivity index (χ4n) is 1.99. The van der Waals surface area contributed by atoms with Crippen LogP contribution < -0.4 is 10.0 Å². The Balaban J connectivity index is 2.88. The van der Waals surface area contributed by atoms with E-state index < -0.39 is 10.0 Å². The lowest BCUT2D eigenvalue weighted by Gasteiger charge is -2.15. The lowest BCUT2D eigenvalue weighted by Crippen LogP contribution is -2.30. The third-order valence-electron chi connectivity index (χ3n) is 3.35. The molecule has 1 rings (SSSR count). The Morgan fingerprint density at radius 2 is 1.79 bits per heavy atom. The van der Waals surface area contributed by atoms with Crippen LogP contribution in [0.1, 0.15) is 32.3 Å². The minimum absolute atomic E-state index is 0.371. The average Bonchev–Trinajstić information content (AvgIpc) is 2.41. The molecule has 1 aromatic rings. The normalized spacial score (nSPS) is 12.0. The van der Waals surface area contributed by atoms with Crippen molar-refractivity contribution in [2.45, 2.75) is 38.1 Å². The molecular weight excluding hydrogens is 260 g/mol. The summed E-state index contributed by atoms with van der Waals surface area (Å²) in [5.74, 6) is 0.395. The minimum Gasteiger partial charge on any atom is -0.316 e. The fraction of sp³-hybridized carbons (Fsp3) is 0.571. The molecule has 1 aromatic carbocycles. The Bertz CT molecular complexity index is 482. The van der Waals surface area contributed by atoms with Crippen molar-refractivity contribution in [2.75, 3.05) is 13.6 Å². The maximum atomic E-state index is 12.3. The van der Waals surface area contributed by atoms with Crippen molar-refractivity contribution in [1.29, 1.82) is 0 Å². The van der Waals surface area contributed by atoms with E-state index >= 15 is 0 Å². The van der Waals surface area contributed by atoms with E-state index in [1.165, 1.54) is 0 Å². The largest absolute Gasteiger partial charge is 0.316 e. The zero-order chi connectivity index (χ0) is 14.3. The highest BCUT2D eigenvalue weighted by atomic mass is 32.2. The molecule has 0 aromatic heterocycles. The van der Waals surface area contributed by atoms with Crippen molar-refractivity contribution < 1.29 is 8.42 Å². The summed E-state index contributed by atoms with van der Waals surface area (Å²) >= 11 is 0. The molecule has 0 bridgehead atoms. The number of hydrogen-bond acceptors (Lipinski definition) is 3. The van der Waals surface area contributed by atoms with E-state index in [2.05, 4.69) is 23.9 Å². The number of benzene rings is 1. The highest BCUT2D eigenvalue weighted by molar-refractivity contribution is 7.89. The quantitative estimate of drug-likeness (QED) is 0.769. The average molecular weight is 284 g/mol. The fourth-order valence-corrected chi connectivity index (χ4v) is 3.34. The van der Waals surface area contributed by atoms with Gasteiger partial charge >= 0.3 is 0 Å². The van der Waals surface area contributed by atoms with Gasteiger partial charge in [0.25, 0.3) is 0 Å². The van der Waals surface area contributed by atoms with Gasteiger partial charge < -0.3 is 5.32 Å². The third kappa shape index (κ3) is 4.60. The SMILES string of the molecule is CCC(CC)CNS(=O)(=O)c1ccccc1CNC. The van der Waals surface area contributed by atoms with Crippen molar-refractivity contribution in [3.05, 3.63) is 29.8 Å². The number of rotatable bonds is 8. The first-order valence-electron chi connectivity index (χ1n) is 6.77. The predicted octanol–water partition coefficient (Wildman–Crippen LogP) is 2.12. The Hall–Kier alpha value is -0.910. The molecule has 0 aliphatic rings. The Morgan fingerprint density at radius 3 is 2.37 bits per heavy atom. The summed E-state index contributed by atoms with van der Waals surface area (Å²) in [7, 11) is -1.61. The minimum atomic E-state index is -3.42. The van der Waals surface area contributed by atoms with Gasteiger partial charge in [-0.15, -0.1) is 0 Å². The lowest BCUT2D eigenvalue weighted by molar-refractivity contribution is 0.478. The van der Waals surface area contributed by atoms with Gasteiger partial charge in [0.1, 0.15) is 0 Å². The smallest absolute Gasteiger partial charge is 0.240 e. The van der Waals surface area contributed by atoms with E-state index in [1.54, 1.807) is 19.2 Å². The Kier molecular flexibility index (Phi) is 6.48. The zero-order valence-corrected chi connectivity index (χ0v) is 12.8. The van der Waals surface area contributed by atoms with Gasteiger partial charge in [0.05, 0.1) is 4.90 Å². The number of hydrogen-bond donors (Lipinski definition) is 2. The maximum Gasteiger partial charge on any atom is 0.240 e. The first-order valence-corrected chi connectivity index (χ1v) is 8.25. The molecule has 0 aliphatic heterocycles. The van der Waals surface area contributed by atoms with Gasteiger partial charge in [-0.05, 0) is 24.6 Å². The number of sulfonamides is 1. The van der Waals surface area contributed by atoms with Crippen LogP contribution in [0, 0.1) is 5.92 Å². The van der Waals surface area contributed by atoms with Crippen molar-refractivity contribution >= 4 is 10.0 Å². The molecule has 4 nitrogen and oxygen atoms in total. The second kappa shape index (κ2) is 7.62. The van der Waals surface area contributed by atoms with Crippen LogP contribution in [-0.2, 0) is 16.6 Å². The molecule has 0 fully saturated rings. The second-order valence-electron chi connectivity index (χ2n) is 4.67. The summed E-state index contributed by atoms with van der Waals surface area (Å²) in [4.78, 5) is 0.371. The summed E-state index contributed by atoms with van der Waals surface area (Å²) in [6.07, 6.45) is 1.97. The monoisotopic (exact) mass is 284 g/mol. The molecular formula is C14H24N2O2S. The molecule has 0 aliphatic carbocycles. The van der Waals surface area contributed by atoms with Gasteiger partial charge in [0.2, 0.25) is 10.0 Å².